The Bertz CT molecular complexity index is 672. The highest BCUT2D eigenvalue weighted by Gasteiger charge is 2.62. The lowest BCUT2D eigenvalue weighted by Crippen LogP contribution is -2.05. The molecule has 1 aromatic heterocycles. The molecule has 21 heavy (non-hydrogen) atoms. The fourth-order valence-electron chi connectivity index (χ4n) is 2.84. The molecule has 5 heteroatoms. The van der Waals surface area contributed by atoms with E-state index in [2.05, 4.69) is 16.2 Å². The summed E-state index contributed by atoms with van der Waals surface area (Å²) in [6.07, 6.45) is -0.355. The second kappa shape index (κ2) is 4.97. The van der Waals surface area contributed by atoms with E-state index in [9.17, 15) is 0 Å². The van der Waals surface area contributed by atoms with Crippen molar-refractivity contribution in [3.8, 4) is 6.07 Å². The predicted molar refractivity (Wildman–Crippen MR) is 75.2 cm³/mol. The van der Waals surface area contributed by atoms with Crippen LogP contribution in [0, 0.1) is 22.7 Å². The van der Waals surface area contributed by atoms with Gasteiger partial charge in [0.2, 0.25) is 11.7 Å². The molecule has 3 rings (SSSR count). The summed E-state index contributed by atoms with van der Waals surface area (Å²) < 4.78 is 10.9. The number of methoxy groups -OCH3 is 1. The summed E-state index contributed by atoms with van der Waals surface area (Å²) in [7, 11) is 1.62. The molecule has 3 unspecified atom stereocenters. The van der Waals surface area contributed by atoms with E-state index in [1.54, 1.807) is 7.11 Å². The van der Waals surface area contributed by atoms with E-state index >= 15 is 0 Å². The minimum Gasteiger partial charge on any atom is -0.369 e. The van der Waals surface area contributed by atoms with Gasteiger partial charge in [0.15, 0.2) is 0 Å². The third-order valence-corrected chi connectivity index (χ3v) is 4.26. The molecule has 108 valence electrons. The smallest absolute Gasteiger partial charge is 0.231 e. The Balaban J connectivity index is 1.87. The van der Waals surface area contributed by atoms with E-state index in [1.165, 1.54) is 0 Å². The van der Waals surface area contributed by atoms with Gasteiger partial charge in [-0.3, -0.25) is 0 Å². The maximum Gasteiger partial charge on any atom is 0.231 e. The van der Waals surface area contributed by atoms with Gasteiger partial charge in [-0.2, -0.15) is 10.2 Å². The van der Waals surface area contributed by atoms with E-state index in [4.69, 9.17) is 14.5 Å². The van der Waals surface area contributed by atoms with Crippen molar-refractivity contribution in [2.24, 2.45) is 11.3 Å². The number of hydrogen-bond acceptors (Lipinski definition) is 5. The molecule has 1 aliphatic rings. The number of rotatable bonds is 4. The second-order valence-corrected chi connectivity index (χ2v) is 5.92. The van der Waals surface area contributed by atoms with Crippen molar-refractivity contribution in [2.45, 2.75) is 25.9 Å². The fraction of sp³-hybridized carbons (Fsp3) is 0.438. The average Bonchev–Trinajstić information content (AvgIpc) is 2.83. The molecule has 1 heterocycles. The lowest BCUT2D eigenvalue weighted by Gasteiger charge is -2.10. The van der Waals surface area contributed by atoms with Crippen LogP contribution in [0.4, 0.5) is 0 Å². The highest BCUT2D eigenvalue weighted by atomic mass is 16.5. The molecule has 0 saturated heterocycles. The third kappa shape index (κ3) is 2.22. The molecule has 0 radical (unpaired) electrons. The van der Waals surface area contributed by atoms with Crippen LogP contribution in [0.2, 0.25) is 0 Å². The van der Waals surface area contributed by atoms with Crippen LogP contribution in [0.15, 0.2) is 34.9 Å². The average molecular weight is 283 g/mol. The first-order valence-electron chi connectivity index (χ1n) is 6.90. The predicted octanol–water partition coefficient (Wildman–Crippen LogP) is 3.07. The highest BCUT2D eigenvalue weighted by Crippen LogP contribution is 2.63. The van der Waals surface area contributed by atoms with Gasteiger partial charge in [-0.15, -0.1) is 0 Å². The quantitative estimate of drug-likeness (QED) is 0.862. The number of hydrogen-bond donors (Lipinski definition) is 0. The van der Waals surface area contributed by atoms with Gasteiger partial charge in [0, 0.05) is 7.11 Å². The zero-order valence-electron chi connectivity index (χ0n) is 12.3. The standard InChI is InChI=1S/C16H17N3O2/c1-16(2)11(9-17)12(16)15-18-14(19-21-15)13(20-3)10-7-5-4-6-8-10/h4-8,11-13H,1-3H3. The molecule has 1 aromatic carbocycles. The monoisotopic (exact) mass is 283 g/mol. The van der Waals surface area contributed by atoms with Crippen molar-refractivity contribution >= 4 is 0 Å². The van der Waals surface area contributed by atoms with Crippen LogP contribution in [-0.2, 0) is 4.74 Å². The summed E-state index contributed by atoms with van der Waals surface area (Å²) in [5, 5.41) is 13.2. The van der Waals surface area contributed by atoms with Crippen LogP contribution in [0.3, 0.4) is 0 Å². The van der Waals surface area contributed by atoms with Crippen LogP contribution in [0.5, 0.6) is 0 Å². The summed E-state index contributed by atoms with van der Waals surface area (Å²) in [5.74, 6) is 0.971. The third-order valence-electron chi connectivity index (χ3n) is 4.26. The minimum absolute atomic E-state index is 0.0111. The highest BCUT2D eigenvalue weighted by molar-refractivity contribution is 5.28. The van der Waals surface area contributed by atoms with E-state index in [1.807, 2.05) is 44.2 Å². The van der Waals surface area contributed by atoms with Crippen molar-refractivity contribution in [3.05, 3.63) is 47.6 Å². The Morgan fingerprint density at radius 2 is 2.05 bits per heavy atom. The van der Waals surface area contributed by atoms with Crippen LogP contribution in [0.1, 0.15) is 43.1 Å². The molecule has 3 atom stereocenters. The van der Waals surface area contributed by atoms with Gasteiger partial charge in [0.05, 0.1) is 17.9 Å². The summed E-state index contributed by atoms with van der Waals surface area (Å²) in [4.78, 5) is 4.46. The van der Waals surface area contributed by atoms with Crippen molar-refractivity contribution in [3.63, 3.8) is 0 Å². The molecule has 0 N–H and O–H groups in total. The lowest BCUT2D eigenvalue weighted by atomic mass is 10.1. The summed E-state index contributed by atoms with van der Waals surface area (Å²) in [6.45, 7) is 4.08. The first-order chi connectivity index (χ1) is 10.1. The molecule has 1 aliphatic carbocycles. The molecular formula is C16H17N3O2. The maximum absolute atomic E-state index is 9.15. The van der Waals surface area contributed by atoms with Crippen molar-refractivity contribution in [2.75, 3.05) is 7.11 Å². The van der Waals surface area contributed by atoms with Gasteiger partial charge in [-0.25, -0.2) is 0 Å². The Hall–Kier alpha value is -2.19. The Labute approximate surface area is 123 Å². The van der Waals surface area contributed by atoms with E-state index in [-0.39, 0.29) is 23.4 Å². The zero-order chi connectivity index (χ0) is 15.0. The topological polar surface area (TPSA) is 71.9 Å². The van der Waals surface area contributed by atoms with Crippen LogP contribution < -0.4 is 0 Å². The van der Waals surface area contributed by atoms with Gasteiger partial charge >= 0.3 is 0 Å². The van der Waals surface area contributed by atoms with Crippen LogP contribution >= 0.6 is 0 Å². The summed E-state index contributed by atoms with van der Waals surface area (Å²) in [5.41, 5.74) is 0.868. The van der Waals surface area contributed by atoms with Gasteiger partial charge in [-0.05, 0) is 11.0 Å². The first-order valence-corrected chi connectivity index (χ1v) is 6.90. The number of benzene rings is 1. The zero-order valence-corrected chi connectivity index (χ0v) is 12.3. The largest absolute Gasteiger partial charge is 0.369 e. The number of aromatic nitrogens is 2. The molecular weight excluding hydrogens is 266 g/mol. The van der Waals surface area contributed by atoms with Gasteiger partial charge < -0.3 is 9.26 Å². The molecule has 2 aromatic rings. The normalized spacial score (nSPS) is 24.3. The number of nitrogens with zero attached hydrogens (tertiary/aromatic N) is 3. The first kappa shape index (κ1) is 13.8. The number of nitriles is 1. The molecule has 1 saturated carbocycles. The fourth-order valence-corrected chi connectivity index (χ4v) is 2.84. The van der Waals surface area contributed by atoms with E-state index in [0.717, 1.165) is 5.56 Å². The molecule has 5 nitrogen and oxygen atoms in total. The molecule has 0 amide bonds. The Morgan fingerprint density at radius 1 is 1.33 bits per heavy atom. The van der Waals surface area contributed by atoms with Gasteiger partial charge in [-0.1, -0.05) is 49.3 Å². The second-order valence-electron chi connectivity index (χ2n) is 5.92. The summed E-state index contributed by atoms with van der Waals surface area (Å²) >= 11 is 0. The molecule has 0 bridgehead atoms. The van der Waals surface area contributed by atoms with Gasteiger partial charge in [0.1, 0.15) is 6.10 Å². The molecule has 1 fully saturated rings. The van der Waals surface area contributed by atoms with Crippen LogP contribution in [-0.4, -0.2) is 17.3 Å². The van der Waals surface area contributed by atoms with Gasteiger partial charge in [0.25, 0.3) is 0 Å². The molecule has 0 aliphatic heterocycles. The minimum atomic E-state index is -0.355. The Morgan fingerprint density at radius 3 is 2.62 bits per heavy atom. The Kier molecular flexibility index (Phi) is 3.26. The maximum atomic E-state index is 9.15. The molecule has 0 spiro atoms. The van der Waals surface area contributed by atoms with Crippen molar-refractivity contribution in [1.82, 2.24) is 10.1 Å². The van der Waals surface area contributed by atoms with Crippen molar-refractivity contribution in [1.29, 1.82) is 5.26 Å². The van der Waals surface area contributed by atoms with E-state index < -0.39 is 0 Å². The summed E-state index contributed by atoms with van der Waals surface area (Å²) in [6, 6.07) is 12.1. The van der Waals surface area contributed by atoms with E-state index in [0.29, 0.717) is 11.7 Å². The number of ether oxygens (including phenoxy) is 1. The SMILES string of the molecule is COC(c1ccccc1)c1noc(C2C(C#N)C2(C)C)n1. The van der Waals surface area contributed by atoms with Crippen molar-refractivity contribution < 1.29 is 9.26 Å². The lowest BCUT2D eigenvalue weighted by molar-refractivity contribution is 0.126. The van der Waals surface area contributed by atoms with Crippen LogP contribution in [0.25, 0.3) is 0 Å².